The van der Waals surface area contributed by atoms with Crippen molar-refractivity contribution >= 4 is 27.9 Å². The summed E-state index contributed by atoms with van der Waals surface area (Å²) in [5.41, 5.74) is 0.815. The summed E-state index contributed by atoms with van der Waals surface area (Å²) in [5, 5.41) is 9.02. The number of rotatable bonds is 3. The Balaban J connectivity index is 3.17. The second-order valence-electron chi connectivity index (χ2n) is 3.38. The predicted octanol–water partition coefficient (Wildman–Crippen LogP) is 2.17. The molecule has 0 bridgehead atoms. The summed E-state index contributed by atoms with van der Waals surface area (Å²) in [6.07, 6.45) is 0. The average molecular weight is 287 g/mol. The molecule has 0 aliphatic carbocycles. The fourth-order valence-corrected chi connectivity index (χ4v) is 1.43. The number of carboxylic acid groups (broad SMARTS) is 1. The van der Waals surface area contributed by atoms with Gasteiger partial charge in [-0.25, -0.2) is 4.79 Å². The third kappa shape index (κ3) is 2.41. The Morgan fingerprint density at radius 1 is 1.44 bits per heavy atom. The summed E-state index contributed by atoms with van der Waals surface area (Å²) in [6, 6.07) is 6.31. The van der Waals surface area contributed by atoms with Gasteiger partial charge in [0, 0.05) is 0 Å². The monoisotopic (exact) mass is 286 g/mol. The first-order chi connectivity index (χ1) is 7.39. The molecule has 86 valence electrons. The van der Waals surface area contributed by atoms with Crippen LogP contribution in [-0.4, -0.2) is 24.2 Å². The predicted molar refractivity (Wildman–Crippen MR) is 61.7 cm³/mol. The van der Waals surface area contributed by atoms with Crippen LogP contribution >= 0.6 is 15.9 Å². The van der Waals surface area contributed by atoms with Crippen molar-refractivity contribution in [1.82, 2.24) is 0 Å². The number of aliphatic carboxylic acids is 1. The highest BCUT2D eigenvalue weighted by atomic mass is 79.9. The van der Waals surface area contributed by atoms with Crippen LogP contribution in [0.5, 0.6) is 0 Å². The second kappa shape index (κ2) is 4.65. The van der Waals surface area contributed by atoms with Gasteiger partial charge in [-0.05, 0) is 24.6 Å². The number of esters is 1. The zero-order valence-corrected chi connectivity index (χ0v) is 10.4. The highest BCUT2D eigenvalue weighted by Gasteiger charge is 2.32. The van der Waals surface area contributed by atoms with Gasteiger partial charge in [0.05, 0.1) is 12.7 Å². The smallest absolute Gasteiger partial charge is 0.337 e. The van der Waals surface area contributed by atoms with Gasteiger partial charge in [-0.1, -0.05) is 28.1 Å². The van der Waals surface area contributed by atoms with Crippen LogP contribution in [-0.2, 0) is 13.9 Å². The molecule has 5 heteroatoms. The van der Waals surface area contributed by atoms with Gasteiger partial charge in [0.2, 0.25) is 0 Å². The molecule has 0 unspecified atom stereocenters. The molecule has 0 spiro atoms. The topological polar surface area (TPSA) is 63.6 Å². The maximum Gasteiger partial charge on any atom is 0.337 e. The Kier molecular flexibility index (Phi) is 3.70. The summed E-state index contributed by atoms with van der Waals surface area (Å²) in [7, 11) is 1.28. The van der Waals surface area contributed by atoms with Crippen molar-refractivity contribution in [2.24, 2.45) is 0 Å². The molecule has 4 nitrogen and oxygen atoms in total. The average Bonchev–Trinajstić information content (AvgIpc) is 2.28. The summed E-state index contributed by atoms with van der Waals surface area (Å²) < 4.78 is 3.35. The summed E-state index contributed by atoms with van der Waals surface area (Å²) in [5.74, 6) is -1.51. The largest absolute Gasteiger partial charge is 0.480 e. The third-order valence-corrected chi connectivity index (χ3v) is 3.02. The fourth-order valence-electron chi connectivity index (χ4n) is 1.18. The maximum atomic E-state index is 11.3. The lowest BCUT2D eigenvalue weighted by molar-refractivity contribution is -0.139. The molecule has 0 saturated heterocycles. The number of hydrogen-bond acceptors (Lipinski definition) is 3. The van der Waals surface area contributed by atoms with Crippen LogP contribution < -0.4 is 0 Å². The van der Waals surface area contributed by atoms with E-state index in [-0.39, 0.29) is 0 Å². The van der Waals surface area contributed by atoms with Crippen LogP contribution in [0, 0.1) is 0 Å². The second-order valence-corrected chi connectivity index (χ2v) is 4.97. The molecule has 0 amide bonds. The molecular formula is C11H11BrO4. The summed E-state index contributed by atoms with van der Waals surface area (Å²) in [4.78, 5) is 22.3. The first-order valence-corrected chi connectivity index (χ1v) is 5.30. The molecular weight excluding hydrogens is 276 g/mol. The van der Waals surface area contributed by atoms with Crippen molar-refractivity contribution in [3.8, 4) is 0 Å². The molecule has 0 aliphatic rings. The van der Waals surface area contributed by atoms with E-state index in [4.69, 9.17) is 5.11 Å². The molecule has 0 aliphatic heterocycles. The van der Waals surface area contributed by atoms with E-state index in [0.29, 0.717) is 11.1 Å². The van der Waals surface area contributed by atoms with Gasteiger partial charge in [0.15, 0.2) is 0 Å². The zero-order chi connectivity index (χ0) is 12.3. The maximum absolute atomic E-state index is 11.3. The van der Waals surface area contributed by atoms with Crippen molar-refractivity contribution in [3.05, 3.63) is 35.4 Å². The lowest BCUT2D eigenvalue weighted by atomic mass is 9.99. The number of carboxylic acids is 1. The van der Waals surface area contributed by atoms with Crippen LogP contribution in [0.4, 0.5) is 0 Å². The Labute approximate surface area is 101 Å². The zero-order valence-electron chi connectivity index (χ0n) is 8.86. The van der Waals surface area contributed by atoms with E-state index in [1.807, 2.05) is 0 Å². The molecule has 1 N–H and O–H groups in total. The van der Waals surface area contributed by atoms with Crippen molar-refractivity contribution < 1.29 is 19.4 Å². The van der Waals surface area contributed by atoms with E-state index < -0.39 is 16.3 Å². The molecule has 1 rings (SSSR count). The van der Waals surface area contributed by atoms with Crippen molar-refractivity contribution in [2.75, 3.05) is 7.11 Å². The highest BCUT2D eigenvalue weighted by Crippen LogP contribution is 2.31. The summed E-state index contributed by atoms with van der Waals surface area (Å²) in [6.45, 7) is 1.51. The SMILES string of the molecule is COC(=O)c1cccc([C@@](C)(Br)C(=O)O)c1. The van der Waals surface area contributed by atoms with Gasteiger partial charge < -0.3 is 9.84 Å². The van der Waals surface area contributed by atoms with E-state index in [0.717, 1.165) is 0 Å². The fraction of sp³-hybridized carbons (Fsp3) is 0.273. The number of ether oxygens (including phenoxy) is 1. The molecule has 0 aromatic heterocycles. The van der Waals surface area contributed by atoms with E-state index in [2.05, 4.69) is 20.7 Å². The number of hydrogen-bond donors (Lipinski definition) is 1. The Morgan fingerprint density at radius 2 is 2.06 bits per heavy atom. The van der Waals surface area contributed by atoms with Gasteiger partial charge in [0.1, 0.15) is 4.32 Å². The highest BCUT2D eigenvalue weighted by molar-refractivity contribution is 9.10. The Morgan fingerprint density at radius 3 is 2.56 bits per heavy atom. The lowest BCUT2D eigenvalue weighted by Crippen LogP contribution is -2.25. The summed E-state index contributed by atoms with van der Waals surface area (Å²) >= 11 is 3.11. The van der Waals surface area contributed by atoms with E-state index in [9.17, 15) is 9.59 Å². The van der Waals surface area contributed by atoms with Crippen molar-refractivity contribution in [1.29, 1.82) is 0 Å². The quantitative estimate of drug-likeness (QED) is 0.683. The van der Waals surface area contributed by atoms with E-state index in [1.165, 1.54) is 20.1 Å². The normalized spacial score (nSPS) is 13.9. The molecule has 1 aromatic rings. The van der Waals surface area contributed by atoms with Crippen LogP contribution in [0.3, 0.4) is 0 Å². The number of halogens is 1. The van der Waals surface area contributed by atoms with Gasteiger partial charge in [0.25, 0.3) is 0 Å². The first-order valence-electron chi connectivity index (χ1n) is 4.50. The van der Waals surface area contributed by atoms with Gasteiger partial charge in [-0.3, -0.25) is 4.79 Å². The van der Waals surface area contributed by atoms with E-state index in [1.54, 1.807) is 18.2 Å². The number of carbonyl (C=O) groups is 2. The number of benzene rings is 1. The standard InChI is InChI=1S/C11H11BrO4/c1-11(12,10(14)15)8-5-3-4-7(6-8)9(13)16-2/h3-6H,1-2H3,(H,14,15)/t11-/m1/s1. The van der Waals surface area contributed by atoms with Crippen molar-refractivity contribution in [2.45, 2.75) is 11.2 Å². The minimum atomic E-state index is -1.21. The Bertz CT molecular complexity index is 426. The van der Waals surface area contributed by atoms with Crippen LogP contribution in [0.15, 0.2) is 24.3 Å². The number of carbonyl (C=O) groups excluding carboxylic acids is 1. The van der Waals surface area contributed by atoms with Crippen LogP contribution in [0.2, 0.25) is 0 Å². The molecule has 0 saturated carbocycles. The molecule has 16 heavy (non-hydrogen) atoms. The molecule has 1 atom stereocenters. The molecule has 0 radical (unpaired) electrons. The van der Waals surface area contributed by atoms with Crippen molar-refractivity contribution in [3.63, 3.8) is 0 Å². The van der Waals surface area contributed by atoms with Gasteiger partial charge in [-0.2, -0.15) is 0 Å². The lowest BCUT2D eigenvalue weighted by Gasteiger charge is -2.17. The number of methoxy groups -OCH3 is 1. The molecule has 0 heterocycles. The van der Waals surface area contributed by atoms with Gasteiger partial charge >= 0.3 is 11.9 Å². The number of alkyl halides is 1. The Hall–Kier alpha value is -1.36. The van der Waals surface area contributed by atoms with E-state index >= 15 is 0 Å². The molecule has 0 fully saturated rings. The first kappa shape index (κ1) is 12.7. The van der Waals surface area contributed by atoms with Gasteiger partial charge in [-0.15, -0.1) is 0 Å². The third-order valence-electron chi connectivity index (χ3n) is 2.23. The minimum Gasteiger partial charge on any atom is -0.480 e. The minimum absolute atomic E-state index is 0.326. The van der Waals surface area contributed by atoms with Crippen LogP contribution in [0.25, 0.3) is 0 Å². The molecule has 1 aromatic carbocycles. The van der Waals surface area contributed by atoms with Crippen LogP contribution in [0.1, 0.15) is 22.8 Å².